The van der Waals surface area contributed by atoms with Gasteiger partial charge in [0.15, 0.2) is 0 Å². The van der Waals surface area contributed by atoms with Crippen LogP contribution in [0, 0.1) is 5.92 Å². The highest BCUT2D eigenvalue weighted by Gasteiger charge is 2.24. The first-order valence-corrected chi connectivity index (χ1v) is 7.58. The van der Waals surface area contributed by atoms with E-state index in [0.29, 0.717) is 32.0 Å². The Morgan fingerprint density at radius 2 is 2.24 bits per heavy atom. The van der Waals surface area contributed by atoms with E-state index in [1.807, 2.05) is 24.3 Å². The van der Waals surface area contributed by atoms with Crippen molar-refractivity contribution in [1.82, 2.24) is 4.90 Å². The summed E-state index contributed by atoms with van der Waals surface area (Å²) in [6, 6.07) is 7.58. The minimum absolute atomic E-state index is 0.0102. The molecule has 0 aliphatic carbocycles. The molecule has 116 valence electrons. The van der Waals surface area contributed by atoms with Crippen LogP contribution in [0.3, 0.4) is 0 Å². The molecule has 0 bridgehead atoms. The van der Waals surface area contributed by atoms with Gasteiger partial charge < -0.3 is 21.1 Å². The van der Waals surface area contributed by atoms with Gasteiger partial charge in [0.05, 0.1) is 6.10 Å². The molecule has 0 radical (unpaired) electrons. The number of aliphatic hydroxyl groups excluding tert-OH is 1. The number of piperidine rings is 1. The van der Waals surface area contributed by atoms with Crippen molar-refractivity contribution in [2.75, 3.05) is 25.0 Å². The molecule has 2 unspecified atom stereocenters. The third-order valence-electron chi connectivity index (χ3n) is 4.17. The molecule has 4 N–H and O–H groups in total. The second-order valence-corrected chi connectivity index (χ2v) is 5.79. The Bertz CT molecular complexity index is 478. The van der Waals surface area contributed by atoms with Crippen molar-refractivity contribution in [3.8, 4) is 0 Å². The van der Waals surface area contributed by atoms with Gasteiger partial charge in [-0.1, -0.05) is 25.1 Å². The quantitative estimate of drug-likeness (QED) is 0.761. The van der Waals surface area contributed by atoms with Crippen molar-refractivity contribution in [1.29, 1.82) is 0 Å². The lowest BCUT2D eigenvalue weighted by atomic mass is 9.96. The summed E-state index contributed by atoms with van der Waals surface area (Å²) in [5.41, 5.74) is 7.39. The monoisotopic (exact) mass is 291 g/mol. The highest BCUT2D eigenvalue weighted by molar-refractivity contribution is 5.91. The summed E-state index contributed by atoms with van der Waals surface area (Å²) in [7, 11) is 0. The Labute approximate surface area is 126 Å². The fourth-order valence-corrected chi connectivity index (χ4v) is 2.61. The second-order valence-electron chi connectivity index (χ2n) is 5.79. The molecule has 0 saturated carbocycles. The van der Waals surface area contributed by atoms with E-state index in [-0.39, 0.29) is 12.0 Å². The van der Waals surface area contributed by atoms with Crippen LogP contribution in [-0.4, -0.2) is 41.7 Å². The van der Waals surface area contributed by atoms with Crippen LogP contribution in [0.5, 0.6) is 0 Å². The average Bonchev–Trinajstić information content (AvgIpc) is 2.49. The Kier molecular flexibility index (Phi) is 5.73. The van der Waals surface area contributed by atoms with Gasteiger partial charge in [-0.05, 0) is 30.5 Å². The summed E-state index contributed by atoms with van der Waals surface area (Å²) >= 11 is 0. The van der Waals surface area contributed by atoms with Crippen LogP contribution in [-0.2, 0) is 11.3 Å². The standard InChI is InChI=1S/C16H25N3O2/c1-12-6-8-19(11-15(12)20)9-7-16(21)18-14-5-3-2-4-13(14)10-17/h2-5,12,15,20H,6-11,17H2,1H3,(H,18,21). The minimum Gasteiger partial charge on any atom is -0.392 e. The Morgan fingerprint density at radius 1 is 1.48 bits per heavy atom. The summed E-state index contributed by atoms with van der Waals surface area (Å²) in [4.78, 5) is 14.2. The number of aliphatic hydroxyl groups is 1. The SMILES string of the molecule is CC1CCN(CCC(=O)Nc2ccccc2CN)CC1O. The molecule has 1 saturated heterocycles. The van der Waals surface area contributed by atoms with Gasteiger partial charge in [0.25, 0.3) is 0 Å². The first-order valence-electron chi connectivity index (χ1n) is 7.58. The number of rotatable bonds is 5. The van der Waals surface area contributed by atoms with Crippen LogP contribution in [0.1, 0.15) is 25.3 Å². The molecule has 21 heavy (non-hydrogen) atoms. The molecule has 5 nitrogen and oxygen atoms in total. The van der Waals surface area contributed by atoms with Gasteiger partial charge in [-0.2, -0.15) is 0 Å². The number of likely N-dealkylation sites (tertiary alicyclic amines) is 1. The Balaban J connectivity index is 1.80. The van der Waals surface area contributed by atoms with Crippen molar-refractivity contribution in [3.05, 3.63) is 29.8 Å². The number of carbonyl (C=O) groups is 1. The minimum atomic E-state index is -0.278. The molecule has 2 atom stereocenters. The molecule has 0 aromatic heterocycles. The maximum atomic E-state index is 12.0. The zero-order chi connectivity index (χ0) is 15.2. The van der Waals surface area contributed by atoms with Gasteiger partial charge in [-0.25, -0.2) is 0 Å². The number of carbonyl (C=O) groups excluding carboxylic acids is 1. The summed E-state index contributed by atoms with van der Waals surface area (Å²) in [5, 5.41) is 12.8. The van der Waals surface area contributed by atoms with E-state index < -0.39 is 0 Å². The van der Waals surface area contributed by atoms with Crippen LogP contribution in [0.15, 0.2) is 24.3 Å². The fourth-order valence-electron chi connectivity index (χ4n) is 2.61. The molecule has 1 aliphatic heterocycles. The molecule has 1 amide bonds. The predicted molar refractivity (Wildman–Crippen MR) is 83.8 cm³/mol. The van der Waals surface area contributed by atoms with Gasteiger partial charge in [-0.15, -0.1) is 0 Å². The molecular weight excluding hydrogens is 266 g/mol. The number of nitrogens with zero attached hydrogens (tertiary/aromatic N) is 1. The lowest BCUT2D eigenvalue weighted by Gasteiger charge is -2.34. The zero-order valence-corrected chi connectivity index (χ0v) is 12.6. The van der Waals surface area contributed by atoms with Crippen molar-refractivity contribution in [2.45, 2.75) is 32.4 Å². The van der Waals surface area contributed by atoms with Gasteiger partial charge in [0.2, 0.25) is 5.91 Å². The molecule has 1 fully saturated rings. The van der Waals surface area contributed by atoms with Crippen LogP contribution in [0.25, 0.3) is 0 Å². The molecule has 5 heteroatoms. The highest BCUT2D eigenvalue weighted by atomic mass is 16.3. The number of amides is 1. The van der Waals surface area contributed by atoms with E-state index in [4.69, 9.17) is 5.73 Å². The summed E-state index contributed by atoms with van der Waals surface area (Å²) in [6.45, 7) is 4.77. The van der Waals surface area contributed by atoms with Crippen molar-refractivity contribution < 1.29 is 9.90 Å². The predicted octanol–water partition coefficient (Wildman–Crippen LogP) is 1.18. The van der Waals surface area contributed by atoms with Crippen LogP contribution in [0.4, 0.5) is 5.69 Å². The number of benzene rings is 1. The Hall–Kier alpha value is -1.43. The van der Waals surface area contributed by atoms with E-state index in [2.05, 4.69) is 17.1 Å². The third kappa shape index (κ3) is 4.52. The number of β-amino-alcohol motifs (C(OH)–C–C–N with tert-alkyl or cyclic N) is 1. The Morgan fingerprint density at radius 3 is 2.95 bits per heavy atom. The maximum absolute atomic E-state index is 12.0. The molecule has 1 aromatic carbocycles. The van der Waals surface area contributed by atoms with Crippen LogP contribution in [0.2, 0.25) is 0 Å². The summed E-state index contributed by atoms with van der Waals surface area (Å²) in [5.74, 6) is 0.343. The van der Waals surface area contributed by atoms with Gasteiger partial charge in [0, 0.05) is 31.7 Å². The third-order valence-corrected chi connectivity index (χ3v) is 4.17. The number of nitrogens with one attached hydrogen (secondary N) is 1. The normalized spacial score (nSPS) is 23.0. The number of para-hydroxylation sites is 1. The topological polar surface area (TPSA) is 78.6 Å². The van der Waals surface area contributed by atoms with Crippen LogP contribution >= 0.6 is 0 Å². The number of nitrogens with two attached hydrogens (primary N) is 1. The molecule has 1 aromatic rings. The van der Waals surface area contributed by atoms with Gasteiger partial charge >= 0.3 is 0 Å². The van der Waals surface area contributed by atoms with E-state index in [1.54, 1.807) is 0 Å². The second kappa shape index (κ2) is 7.54. The molecule has 1 aliphatic rings. The molecular formula is C16H25N3O2. The smallest absolute Gasteiger partial charge is 0.225 e. The van der Waals surface area contributed by atoms with Crippen molar-refractivity contribution in [2.24, 2.45) is 11.7 Å². The van der Waals surface area contributed by atoms with Gasteiger partial charge in [-0.3, -0.25) is 4.79 Å². The first-order chi connectivity index (χ1) is 10.1. The van der Waals surface area contributed by atoms with Crippen molar-refractivity contribution in [3.63, 3.8) is 0 Å². The molecule has 1 heterocycles. The number of anilines is 1. The largest absolute Gasteiger partial charge is 0.392 e. The number of hydrogen-bond donors (Lipinski definition) is 3. The van der Waals surface area contributed by atoms with E-state index in [9.17, 15) is 9.90 Å². The van der Waals surface area contributed by atoms with E-state index in [1.165, 1.54) is 0 Å². The number of hydrogen-bond acceptors (Lipinski definition) is 4. The van der Waals surface area contributed by atoms with E-state index >= 15 is 0 Å². The van der Waals surface area contributed by atoms with Crippen LogP contribution < -0.4 is 11.1 Å². The van der Waals surface area contributed by atoms with E-state index in [0.717, 1.165) is 24.2 Å². The molecule has 0 spiro atoms. The zero-order valence-electron chi connectivity index (χ0n) is 12.6. The summed E-state index contributed by atoms with van der Waals surface area (Å²) < 4.78 is 0. The average molecular weight is 291 g/mol. The maximum Gasteiger partial charge on any atom is 0.225 e. The van der Waals surface area contributed by atoms with Gasteiger partial charge in [0.1, 0.15) is 0 Å². The lowest BCUT2D eigenvalue weighted by Crippen LogP contribution is -2.43. The lowest BCUT2D eigenvalue weighted by molar-refractivity contribution is -0.116. The van der Waals surface area contributed by atoms with Crippen molar-refractivity contribution >= 4 is 11.6 Å². The first kappa shape index (κ1) is 15.9. The fraction of sp³-hybridized carbons (Fsp3) is 0.562. The highest BCUT2D eigenvalue weighted by Crippen LogP contribution is 2.17. The molecule has 2 rings (SSSR count). The summed E-state index contributed by atoms with van der Waals surface area (Å²) in [6.07, 6.45) is 1.14.